The molecule has 4 rings (SSSR count). The Labute approximate surface area is 184 Å². The number of aromatic nitrogens is 1. The number of rotatable bonds is 8. The van der Waals surface area contributed by atoms with E-state index < -0.39 is 5.97 Å². The van der Waals surface area contributed by atoms with Crippen LogP contribution in [0.25, 0.3) is 21.9 Å². The molecule has 7 heteroatoms. The molecule has 6 nitrogen and oxygen atoms in total. The second-order valence-corrected chi connectivity index (χ2v) is 8.50. The summed E-state index contributed by atoms with van der Waals surface area (Å²) in [4.78, 5) is 30.1. The summed E-state index contributed by atoms with van der Waals surface area (Å²) in [6.07, 6.45) is 4.38. The number of aliphatic carboxylic acids is 1. The van der Waals surface area contributed by atoms with E-state index in [2.05, 4.69) is 0 Å². The van der Waals surface area contributed by atoms with Crippen LogP contribution in [0.15, 0.2) is 48.5 Å². The lowest BCUT2D eigenvalue weighted by Crippen LogP contribution is -2.32. The first-order chi connectivity index (χ1) is 15.1. The number of ether oxygens (including phenoxy) is 1. The van der Waals surface area contributed by atoms with Crippen LogP contribution in [0.1, 0.15) is 36.3 Å². The smallest absolute Gasteiger partial charge is 0.303 e. The molecule has 2 aromatic carbocycles. The Hall–Kier alpha value is -3.19. The molecule has 1 N–H and O–H groups in total. The van der Waals surface area contributed by atoms with Crippen molar-refractivity contribution in [3.63, 3.8) is 0 Å². The minimum Gasteiger partial charge on any atom is -0.483 e. The van der Waals surface area contributed by atoms with Crippen LogP contribution < -0.4 is 4.74 Å². The predicted molar refractivity (Wildman–Crippen MR) is 122 cm³/mol. The zero-order valence-electron chi connectivity index (χ0n) is 17.1. The van der Waals surface area contributed by atoms with Crippen molar-refractivity contribution < 1.29 is 19.4 Å². The Morgan fingerprint density at radius 2 is 1.81 bits per heavy atom. The van der Waals surface area contributed by atoms with Crippen molar-refractivity contribution in [2.24, 2.45) is 0 Å². The van der Waals surface area contributed by atoms with Gasteiger partial charge >= 0.3 is 5.97 Å². The summed E-state index contributed by atoms with van der Waals surface area (Å²) in [5.74, 6) is -0.259. The van der Waals surface area contributed by atoms with Crippen LogP contribution in [0.2, 0.25) is 0 Å². The molecule has 2 heterocycles. The largest absolute Gasteiger partial charge is 0.483 e. The van der Waals surface area contributed by atoms with Crippen molar-refractivity contribution in [2.45, 2.75) is 25.7 Å². The monoisotopic (exact) mass is 436 g/mol. The standard InChI is InChI=1S/C24H24N2O4S/c27-22(26-13-5-6-14-26)16-30-20-9-3-1-7-17(20)15-18(11-12-23(28)29)24-25-19-8-2-4-10-21(19)31-24/h1-4,7-10,15H,5-6,11-14,16H2,(H,28,29). The molecular formula is C24H24N2O4S. The van der Waals surface area contributed by atoms with Gasteiger partial charge in [-0.05, 0) is 49.1 Å². The topological polar surface area (TPSA) is 79.7 Å². The van der Waals surface area contributed by atoms with Crippen molar-refractivity contribution in [3.8, 4) is 5.75 Å². The van der Waals surface area contributed by atoms with Crippen molar-refractivity contribution in [1.82, 2.24) is 9.88 Å². The van der Waals surface area contributed by atoms with Gasteiger partial charge in [0, 0.05) is 25.1 Å². The van der Waals surface area contributed by atoms with Gasteiger partial charge < -0.3 is 14.7 Å². The maximum Gasteiger partial charge on any atom is 0.303 e. The van der Waals surface area contributed by atoms with Crippen molar-refractivity contribution in [3.05, 3.63) is 59.1 Å². The highest BCUT2D eigenvalue weighted by Gasteiger charge is 2.19. The molecule has 0 unspecified atom stereocenters. The summed E-state index contributed by atoms with van der Waals surface area (Å²) in [6, 6.07) is 15.4. The fourth-order valence-corrected chi connectivity index (χ4v) is 4.62. The third-order valence-corrected chi connectivity index (χ3v) is 6.35. The number of nitrogens with zero attached hydrogens (tertiary/aromatic N) is 2. The first kappa shape index (κ1) is 21.1. The number of carbonyl (C=O) groups excluding carboxylic acids is 1. The second kappa shape index (κ2) is 9.75. The van der Waals surface area contributed by atoms with E-state index in [1.54, 1.807) is 11.3 Å². The molecule has 0 atom stereocenters. The Morgan fingerprint density at radius 1 is 1.06 bits per heavy atom. The Kier molecular flexibility index (Phi) is 6.62. The molecule has 1 aliphatic heterocycles. The molecule has 0 saturated carbocycles. The molecule has 3 aromatic rings. The van der Waals surface area contributed by atoms with Crippen molar-refractivity contribution >= 4 is 45.1 Å². The van der Waals surface area contributed by atoms with Gasteiger partial charge in [0.15, 0.2) is 6.61 Å². The molecule has 0 aliphatic carbocycles. The van der Waals surface area contributed by atoms with Crippen LogP contribution in [-0.4, -0.2) is 46.6 Å². The van der Waals surface area contributed by atoms with Crippen LogP contribution in [0.5, 0.6) is 5.75 Å². The van der Waals surface area contributed by atoms with Gasteiger partial charge in [0.1, 0.15) is 10.8 Å². The number of likely N-dealkylation sites (tertiary alicyclic amines) is 1. The summed E-state index contributed by atoms with van der Waals surface area (Å²) in [7, 11) is 0. The Balaban J connectivity index is 1.60. The maximum absolute atomic E-state index is 12.4. The lowest BCUT2D eigenvalue weighted by Gasteiger charge is -2.16. The first-order valence-electron chi connectivity index (χ1n) is 10.4. The summed E-state index contributed by atoms with van der Waals surface area (Å²) < 4.78 is 6.92. The van der Waals surface area contributed by atoms with Gasteiger partial charge in [-0.3, -0.25) is 9.59 Å². The molecule has 31 heavy (non-hydrogen) atoms. The molecule has 0 bridgehead atoms. The fraction of sp³-hybridized carbons (Fsp3) is 0.292. The van der Waals surface area contributed by atoms with E-state index in [1.807, 2.05) is 59.5 Å². The summed E-state index contributed by atoms with van der Waals surface area (Å²) in [5.41, 5.74) is 2.53. The van der Waals surface area contributed by atoms with Crippen molar-refractivity contribution in [2.75, 3.05) is 19.7 Å². The third kappa shape index (κ3) is 5.30. The second-order valence-electron chi connectivity index (χ2n) is 7.46. The SMILES string of the molecule is O=C(O)CCC(=Cc1ccccc1OCC(=O)N1CCCC1)c1nc2ccccc2s1. The number of para-hydroxylation sites is 2. The van der Waals surface area contributed by atoms with Gasteiger partial charge in [-0.15, -0.1) is 11.3 Å². The van der Waals surface area contributed by atoms with Gasteiger partial charge in [-0.2, -0.15) is 0 Å². The minimum absolute atomic E-state index is 0.00352. The van der Waals surface area contributed by atoms with Crippen LogP contribution in [0.3, 0.4) is 0 Å². The molecule has 160 valence electrons. The summed E-state index contributed by atoms with van der Waals surface area (Å²) in [5, 5.41) is 10.0. The average Bonchev–Trinajstić information content (AvgIpc) is 3.45. The van der Waals surface area contributed by atoms with E-state index in [-0.39, 0.29) is 18.9 Å². The van der Waals surface area contributed by atoms with E-state index in [1.165, 1.54) is 0 Å². The number of benzene rings is 2. The lowest BCUT2D eigenvalue weighted by atomic mass is 10.1. The molecule has 1 amide bonds. The van der Waals surface area contributed by atoms with E-state index >= 15 is 0 Å². The Morgan fingerprint density at radius 3 is 2.58 bits per heavy atom. The summed E-state index contributed by atoms with van der Waals surface area (Å²) in [6.45, 7) is 1.58. The number of amides is 1. The van der Waals surface area contributed by atoms with Gasteiger partial charge in [-0.25, -0.2) is 4.98 Å². The van der Waals surface area contributed by atoms with Crippen molar-refractivity contribution in [1.29, 1.82) is 0 Å². The zero-order chi connectivity index (χ0) is 21.6. The molecule has 0 spiro atoms. The quantitative estimate of drug-likeness (QED) is 0.554. The number of carboxylic acids is 1. The van der Waals surface area contributed by atoms with Gasteiger partial charge in [0.2, 0.25) is 0 Å². The normalized spacial score (nSPS) is 14.2. The highest BCUT2D eigenvalue weighted by molar-refractivity contribution is 7.19. The molecular weight excluding hydrogens is 412 g/mol. The Bertz CT molecular complexity index is 1080. The van der Waals surface area contributed by atoms with Gasteiger partial charge in [-0.1, -0.05) is 30.3 Å². The maximum atomic E-state index is 12.4. The number of fused-ring (bicyclic) bond motifs is 1. The molecule has 0 radical (unpaired) electrons. The fourth-order valence-electron chi connectivity index (χ4n) is 3.61. The molecule has 1 fully saturated rings. The highest BCUT2D eigenvalue weighted by atomic mass is 32.1. The predicted octanol–water partition coefficient (Wildman–Crippen LogP) is 4.70. The van der Waals surface area contributed by atoms with Crippen LogP contribution >= 0.6 is 11.3 Å². The molecule has 1 saturated heterocycles. The van der Waals surface area contributed by atoms with Gasteiger partial charge in [0.05, 0.1) is 10.2 Å². The number of carbonyl (C=O) groups is 2. The van der Waals surface area contributed by atoms with E-state index in [0.29, 0.717) is 12.2 Å². The van der Waals surface area contributed by atoms with E-state index in [9.17, 15) is 14.7 Å². The average molecular weight is 437 g/mol. The van der Waals surface area contributed by atoms with Crippen LogP contribution in [0.4, 0.5) is 0 Å². The number of thiazole rings is 1. The molecule has 1 aromatic heterocycles. The number of allylic oxidation sites excluding steroid dienone is 1. The van der Waals surface area contributed by atoms with Gasteiger partial charge in [0.25, 0.3) is 5.91 Å². The number of hydrogen-bond acceptors (Lipinski definition) is 5. The van der Waals surface area contributed by atoms with Crippen LogP contribution in [-0.2, 0) is 9.59 Å². The zero-order valence-corrected chi connectivity index (χ0v) is 17.9. The number of carboxylic acid groups (broad SMARTS) is 1. The van der Waals surface area contributed by atoms with E-state index in [4.69, 9.17) is 9.72 Å². The number of hydrogen-bond donors (Lipinski definition) is 1. The van der Waals surface area contributed by atoms with Crippen LogP contribution in [0, 0.1) is 0 Å². The first-order valence-corrected chi connectivity index (χ1v) is 11.2. The van der Waals surface area contributed by atoms with E-state index in [0.717, 1.165) is 52.3 Å². The highest BCUT2D eigenvalue weighted by Crippen LogP contribution is 2.32. The minimum atomic E-state index is -0.854. The third-order valence-electron chi connectivity index (χ3n) is 5.24. The summed E-state index contributed by atoms with van der Waals surface area (Å²) >= 11 is 1.54. The lowest BCUT2D eigenvalue weighted by molar-refractivity contribution is -0.137. The molecule has 1 aliphatic rings.